The molecule has 18 N–H and O–H groups in total. The summed E-state index contributed by atoms with van der Waals surface area (Å²) in [7, 11) is 0. The molecule has 22 rings (SSSR count). The summed E-state index contributed by atoms with van der Waals surface area (Å²) >= 11 is 0. The third-order valence-corrected chi connectivity index (χ3v) is 12.7. The van der Waals surface area contributed by atoms with Crippen molar-refractivity contribution in [2.45, 2.75) is 184 Å². The fourth-order valence-electron chi connectivity index (χ4n) is 8.93. The molecule has 0 spiro atoms. The van der Waals surface area contributed by atoms with Gasteiger partial charge in [0.1, 0.15) is 146 Å². The lowest BCUT2D eigenvalue weighted by molar-refractivity contribution is -0.404. The molecule has 0 aliphatic carbocycles. The first kappa shape index (κ1) is 52.6. The van der Waals surface area contributed by atoms with E-state index in [4.69, 9.17) is 56.8 Å². The Bertz CT molecular complexity index is 1230. The molecular formula is C36H60O30. The van der Waals surface area contributed by atoms with E-state index in [0.29, 0.717) is 0 Å². The summed E-state index contributed by atoms with van der Waals surface area (Å²) in [5.74, 6) is 0. The van der Waals surface area contributed by atoms with Crippen LogP contribution in [0.5, 0.6) is 0 Å². The van der Waals surface area contributed by atoms with Crippen LogP contribution in [0.25, 0.3) is 0 Å². The van der Waals surface area contributed by atoms with E-state index in [1.165, 1.54) is 0 Å². The van der Waals surface area contributed by atoms with Gasteiger partial charge in [-0.3, -0.25) is 0 Å². The summed E-state index contributed by atoms with van der Waals surface area (Å²) in [5.41, 5.74) is 0. The lowest BCUT2D eigenvalue weighted by atomic mass is 9.94. The van der Waals surface area contributed by atoms with E-state index in [1.807, 2.05) is 0 Å². The number of aliphatic hydroxyl groups is 18. The first-order valence-electron chi connectivity index (χ1n) is 21.1. The summed E-state index contributed by atoms with van der Waals surface area (Å²) in [6, 6.07) is 0. The molecule has 0 amide bonds. The number of rotatable bonds is 6. The second-order valence-electron chi connectivity index (χ2n) is 16.8. The van der Waals surface area contributed by atoms with Gasteiger partial charge >= 0.3 is 0 Å². The van der Waals surface area contributed by atoms with Crippen molar-refractivity contribution in [2.24, 2.45) is 0 Å². The lowest BCUT2D eigenvalue weighted by Gasteiger charge is -2.50. The van der Waals surface area contributed by atoms with Gasteiger partial charge in [0.25, 0.3) is 0 Å². The summed E-state index contributed by atoms with van der Waals surface area (Å²) in [6.45, 7) is -5.99. The van der Waals surface area contributed by atoms with Crippen LogP contribution in [0.3, 0.4) is 0 Å². The molecule has 30 heteroatoms. The highest BCUT2D eigenvalue weighted by molar-refractivity contribution is 5.01. The Kier molecular flexibility index (Phi) is 17.6. The molecule has 22 fully saturated rings. The first-order valence-corrected chi connectivity index (χ1v) is 21.1. The van der Waals surface area contributed by atoms with Gasteiger partial charge in [-0.05, 0) is 0 Å². The Morgan fingerprint density at radius 1 is 0.182 bits per heavy atom. The van der Waals surface area contributed by atoms with E-state index in [0.717, 1.165) is 0 Å². The Labute approximate surface area is 372 Å². The quantitative estimate of drug-likeness (QED) is 0.117. The monoisotopic (exact) mass is 972 g/mol. The molecule has 22 heterocycles. The maximum Gasteiger partial charge on any atom is 0.187 e. The third kappa shape index (κ3) is 10.0. The highest BCUT2D eigenvalue weighted by Crippen LogP contribution is 2.38. The van der Waals surface area contributed by atoms with Gasteiger partial charge in [-0.25, -0.2) is 0 Å². The minimum atomic E-state index is -2.15. The van der Waals surface area contributed by atoms with Crippen molar-refractivity contribution in [3.63, 3.8) is 0 Å². The summed E-state index contributed by atoms with van der Waals surface area (Å²) in [6.07, 6.45) is -58.5. The molecule has 384 valence electrons. The number of hydrogen-bond donors (Lipinski definition) is 18. The molecule has 22 aliphatic heterocycles. The van der Waals surface area contributed by atoms with Crippen LogP contribution in [0.4, 0.5) is 0 Å². The Hall–Kier alpha value is -1.20. The second kappa shape index (κ2) is 22.1. The molecule has 3 unspecified atom stereocenters. The molecule has 22 aliphatic rings. The van der Waals surface area contributed by atoms with Crippen LogP contribution in [-0.4, -0.2) is 316 Å². The van der Waals surface area contributed by atoms with Gasteiger partial charge in [-0.15, -0.1) is 0 Å². The topological polar surface area (TPSA) is 475 Å². The number of ether oxygens (including phenoxy) is 12. The van der Waals surface area contributed by atoms with E-state index in [-0.39, 0.29) is 0 Å². The molecule has 0 aromatic heterocycles. The highest BCUT2D eigenvalue weighted by Gasteiger charge is 2.58. The average molecular weight is 973 g/mol. The van der Waals surface area contributed by atoms with Gasteiger partial charge < -0.3 is 149 Å². The zero-order valence-corrected chi connectivity index (χ0v) is 34.5. The van der Waals surface area contributed by atoms with E-state index < -0.39 is 224 Å². The van der Waals surface area contributed by atoms with Crippen molar-refractivity contribution in [1.82, 2.24) is 0 Å². The Morgan fingerprint density at radius 3 is 0.409 bits per heavy atom. The largest absolute Gasteiger partial charge is 0.394 e. The minimum Gasteiger partial charge on any atom is -0.394 e. The van der Waals surface area contributed by atoms with Gasteiger partial charge in [0.05, 0.1) is 39.6 Å². The van der Waals surface area contributed by atoms with Crippen molar-refractivity contribution in [2.75, 3.05) is 39.6 Å². The molecular weight excluding hydrogens is 912 g/mol. The van der Waals surface area contributed by atoms with Crippen LogP contribution in [0, 0.1) is 0 Å². The molecule has 0 radical (unpaired) electrons. The fraction of sp³-hybridized carbons (Fsp3) is 1.00. The molecule has 66 heavy (non-hydrogen) atoms. The average Bonchev–Trinajstić information content (AvgIpc) is 3.31. The summed E-state index contributed by atoms with van der Waals surface area (Å²) in [5, 5.41) is 196. The van der Waals surface area contributed by atoms with Crippen molar-refractivity contribution >= 4 is 0 Å². The maximum absolute atomic E-state index is 11.2. The molecule has 0 aromatic rings. The molecule has 30 atom stereocenters. The van der Waals surface area contributed by atoms with Gasteiger partial charge in [0.2, 0.25) is 0 Å². The van der Waals surface area contributed by atoms with Crippen molar-refractivity contribution in [3.8, 4) is 0 Å². The molecule has 12 bridgehead atoms. The Balaban J connectivity index is 1.19. The fourth-order valence-corrected chi connectivity index (χ4v) is 8.93. The van der Waals surface area contributed by atoms with Crippen molar-refractivity contribution in [1.29, 1.82) is 0 Å². The SMILES string of the molecule is OC[C@H]1O[C@@H]2O[C@H]3C(O)[C@@H](O)[C@H](O[C@@H]3CO)O[C@H]3C(O)[C@@H](O)[C@H](O[C@@H]3CO)O[C@H]3C(O)[C@@H](O)[C@@H](O[C@H]4[C@H](O)[C@@H](O)[C@@H](O[C@H]5[C@@H](O)[C@@H](O)[C@@H](O[C@H]1[C@H](O)[C@H]2O)O[C@@H]5CO)O[C@@H]4CO)O[C@@H]3CO. The highest BCUT2D eigenvalue weighted by atomic mass is 16.8. The molecule has 30 nitrogen and oxygen atoms in total. The molecule has 0 saturated carbocycles. The first-order chi connectivity index (χ1) is 31.4. The maximum atomic E-state index is 11.2. The van der Waals surface area contributed by atoms with Gasteiger partial charge in [0, 0.05) is 0 Å². The van der Waals surface area contributed by atoms with E-state index in [1.54, 1.807) is 0 Å². The van der Waals surface area contributed by atoms with Gasteiger partial charge in [-0.2, -0.15) is 0 Å². The van der Waals surface area contributed by atoms with Crippen molar-refractivity contribution < 1.29 is 149 Å². The van der Waals surface area contributed by atoms with E-state index in [2.05, 4.69) is 0 Å². The third-order valence-electron chi connectivity index (χ3n) is 12.7. The van der Waals surface area contributed by atoms with E-state index in [9.17, 15) is 91.9 Å². The van der Waals surface area contributed by atoms with Crippen LogP contribution in [0.1, 0.15) is 0 Å². The molecule has 0 aromatic carbocycles. The second-order valence-corrected chi connectivity index (χ2v) is 16.8. The summed E-state index contributed by atoms with van der Waals surface area (Å²) in [4.78, 5) is 0. The van der Waals surface area contributed by atoms with Crippen LogP contribution >= 0.6 is 0 Å². The minimum absolute atomic E-state index is 0.999. The zero-order chi connectivity index (χ0) is 48.0. The van der Waals surface area contributed by atoms with Gasteiger partial charge in [0.15, 0.2) is 37.7 Å². The van der Waals surface area contributed by atoms with Crippen LogP contribution in [0.15, 0.2) is 0 Å². The zero-order valence-electron chi connectivity index (χ0n) is 34.5. The number of hydrogen-bond acceptors (Lipinski definition) is 30. The molecule has 22 saturated heterocycles. The predicted octanol–water partition coefficient (Wildman–Crippen LogP) is -13.1. The van der Waals surface area contributed by atoms with Crippen molar-refractivity contribution in [3.05, 3.63) is 0 Å². The summed E-state index contributed by atoms with van der Waals surface area (Å²) < 4.78 is 67.9. The van der Waals surface area contributed by atoms with Gasteiger partial charge in [-0.1, -0.05) is 0 Å². The van der Waals surface area contributed by atoms with E-state index >= 15 is 0 Å². The smallest absolute Gasteiger partial charge is 0.187 e. The van der Waals surface area contributed by atoms with Crippen LogP contribution < -0.4 is 0 Å². The number of aliphatic hydroxyl groups excluding tert-OH is 18. The normalized spacial score (nSPS) is 55.4. The standard InChI is InChI=1S/C36H60O30/c37-1-7-25-13(43)19(49)31(55-7)62-26-8(2-38)57-33(21(51)15(26)45)64-28-10(4-40)59-35(23(53)17(28)47)66-30-12(6-42)60-36(24(54)18(30)48)65-29-11(5-41)58-34(22(52)16(29)46)63-27-9(3-39)56-32(61-25)20(50)14(27)44/h7-54H,1-6H2/t7-,8-,9-,10-,11-,12-,13-,14+,15?,16-,17?,18?,19-,20-,21-,22-,23-,24-,25-,26-,27-,28-,29-,30-,31-,32-,33-,34-,35-,36-/m1/s1. The lowest BCUT2D eigenvalue weighted by Crippen LogP contribution is -2.69. The Morgan fingerprint density at radius 2 is 0.303 bits per heavy atom. The van der Waals surface area contributed by atoms with Crippen LogP contribution in [0.2, 0.25) is 0 Å². The predicted molar refractivity (Wildman–Crippen MR) is 196 cm³/mol. The van der Waals surface area contributed by atoms with Crippen LogP contribution in [-0.2, 0) is 56.8 Å².